The summed E-state index contributed by atoms with van der Waals surface area (Å²) in [7, 11) is 0. The normalized spacial score (nSPS) is 17.8. The van der Waals surface area contributed by atoms with Gasteiger partial charge < -0.3 is 19.1 Å². The Labute approximate surface area is 239 Å². The van der Waals surface area contributed by atoms with E-state index in [1.54, 1.807) is 48.5 Å². The van der Waals surface area contributed by atoms with Crippen LogP contribution in [-0.2, 0) is 9.47 Å². The summed E-state index contributed by atoms with van der Waals surface area (Å²) in [5.41, 5.74) is 0.564. The number of hydrogen-bond donors (Lipinski definition) is 0. The van der Waals surface area contributed by atoms with Gasteiger partial charge in [0.15, 0.2) is 5.65 Å². The van der Waals surface area contributed by atoms with Gasteiger partial charge in [0.2, 0.25) is 5.88 Å². The molecule has 0 N–H and O–H groups in total. The van der Waals surface area contributed by atoms with Gasteiger partial charge in [-0.3, -0.25) is 0 Å². The first-order chi connectivity index (χ1) is 19.3. The number of nitrogens with zero attached hydrogens (tertiary/aromatic N) is 5. The average Bonchev–Trinajstić information content (AvgIpc) is 3.61. The monoisotopic (exact) mass is 567 g/mol. The van der Waals surface area contributed by atoms with E-state index in [1.165, 1.54) is 23.1 Å². The van der Waals surface area contributed by atoms with E-state index < -0.39 is 23.1 Å². The summed E-state index contributed by atoms with van der Waals surface area (Å²) in [6.45, 7) is 11.7. The smallest absolute Gasteiger partial charge is 0.419 e. The molecule has 2 aliphatic rings. The number of halogens is 1. The van der Waals surface area contributed by atoms with Crippen LogP contribution in [0.5, 0.6) is 5.88 Å². The summed E-state index contributed by atoms with van der Waals surface area (Å²) in [6.07, 6.45) is 3.84. The van der Waals surface area contributed by atoms with Crippen LogP contribution in [0.4, 0.5) is 25.4 Å². The number of benzene rings is 1. The molecule has 0 spiro atoms. The molecule has 41 heavy (non-hydrogen) atoms. The quantitative estimate of drug-likeness (QED) is 0.343. The van der Waals surface area contributed by atoms with Crippen LogP contribution in [0.3, 0.4) is 0 Å². The van der Waals surface area contributed by atoms with Crippen molar-refractivity contribution in [2.75, 3.05) is 18.0 Å². The van der Waals surface area contributed by atoms with Crippen LogP contribution in [0.15, 0.2) is 36.5 Å². The van der Waals surface area contributed by atoms with Gasteiger partial charge in [-0.2, -0.15) is 0 Å². The van der Waals surface area contributed by atoms with Gasteiger partial charge in [0, 0.05) is 18.5 Å². The summed E-state index contributed by atoms with van der Waals surface area (Å²) in [4.78, 5) is 33.9. The zero-order valence-corrected chi connectivity index (χ0v) is 24.5. The highest BCUT2D eigenvalue weighted by molar-refractivity contribution is 6.00. The van der Waals surface area contributed by atoms with E-state index in [9.17, 15) is 14.0 Å². The molecule has 2 aromatic heterocycles. The molecule has 1 unspecified atom stereocenters. The Balaban J connectivity index is 1.54. The molecule has 3 aromatic rings. The lowest BCUT2D eigenvalue weighted by Crippen LogP contribution is -2.46. The van der Waals surface area contributed by atoms with Gasteiger partial charge in [0.25, 0.3) is 0 Å². The summed E-state index contributed by atoms with van der Waals surface area (Å²) >= 11 is 0. The molecular formula is C30H38FN5O5. The highest BCUT2D eigenvalue weighted by Gasteiger charge is 2.33. The van der Waals surface area contributed by atoms with E-state index in [2.05, 4.69) is 4.98 Å². The number of anilines is 2. The SMILES string of the molecule is CC(C)(C)OC(=O)N1CCCC(Oc2cc(N(C(=O)OC(C)(C)C)c3cccc(F)c3)c3ncc(C4CC4)n3n2)C1. The number of piperidine rings is 1. The maximum absolute atomic E-state index is 14.4. The number of amides is 2. The van der Waals surface area contributed by atoms with Crippen LogP contribution in [0.2, 0.25) is 0 Å². The number of carbonyl (C=O) groups excluding carboxylic acids is 2. The van der Waals surface area contributed by atoms with Gasteiger partial charge in [-0.15, -0.1) is 5.10 Å². The van der Waals surface area contributed by atoms with E-state index >= 15 is 0 Å². The second-order valence-corrected chi connectivity index (χ2v) is 12.7. The van der Waals surface area contributed by atoms with Gasteiger partial charge in [0.1, 0.15) is 28.8 Å². The predicted molar refractivity (Wildman–Crippen MR) is 151 cm³/mol. The first-order valence-corrected chi connectivity index (χ1v) is 14.1. The van der Waals surface area contributed by atoms with Crippen LogP contribution < -0.4 is 9.64 Å². The van der Waals surface area contributed by atoms with Gasteiger partial charge in [0.05, 0.1) is 24.1 Å². The van der Waals surface area contributed by atoms with Crippen molar-refractivity contribution >= 4 is 29.2 Å². The molecule has 11 heteroatoms. The number of hydrogen-bond acceptors (Lipinski definition) is 7. The Kier molecular flexibility index (Phi) is 7.56. The van der Waals surface area contributed by atoms with E-state index in [4.69, 9.17) is 19.3 Å². The molecule has 1 aromatic carbocycles. The maximum Gasteiger partial charge on any atom is 0.419 e. The summed E-state index contributed by atoms with van der Waals surface area (Å²) in [5, 5.41) is 4.75. The average molecular weight is 568 g/mol. The van der Waals surface area contributed by atoms with Crippen LogP contribution >= 0.6 is 0 Å². The minimum absolute atomic E-state index is 0.258. The molecule has 1 aliphatic carbocycles. The van der Waals surface area contributed by atoms with Crippen LogP contribution in [0, 0.1) is 5.82 Å². The van der Waals surface area contributed by atoms with Crippen molar-refractivity contribution in [2.24, 2.45) is 0 Å². The Bertz CT molecular complexity index is 1440. The third-order valence-electron chi connectivity index (χ3n) is 6.65. The molecule has 3 heterocycles. The first kappa shape index (κ1) is 28.6. The lowest BCUT2D eigenvalue weighted by molar-refractivity contribution is 0.00706. The number of rotatable bonds is 5. The lowest BCUT2D eigenvalue weighted by atomic mass is 10.1. The fourth-order valence-electron chi connectivity index (χ4n) is 4.79. The summed E-state index contributed by atoms with van der Waals surface area (Å²) < 4.78 is 33.8. The summed E-state index contributed by atoms with van der Waals surface area (Å²) in [5.74, 6) is 0.0690. The van der Waals surface area contributed by atoms with Crippen LogP contribution in [0.1, 0.15) is 78.8 Å². The zero-order chi connectivity index (χ0) is 29.5. The van der Waals surface area contributed by atoms with Crippen molar-refractivity contribution in [1.82, 2.24) is 19.5 Å². The summed E-state index contributed by atoms with van der Waals surface area (Å²) in [6, 6.07) is 7.38. The maximum atomic E-state index is 14.4. The van der Waals surface area contributed by atoms with Crippen molar-refractivity contribution < 1.29 is 28.2 Å². The zero-order valence-electron chi connectivity index (χ0n) is 24.5. The Morgan fingerprint density at radius 3 is 2.41 bits per heavy atom. The van der Waals surface area contributed by atoms with Gasteiger partial charge in [-0.25, -0.2) is 28.4 Å². The standard InChI is InChI=1S/C30H38FN5O5/c1-29(2,3)40-27(37)34-14-8-11-22(18-34)39-25-16-23(26-32-17-24(19-12-13-19)36(26)33-25)35(28(38)41-30(4,5)6)21-10-7-9-20(31)15-21/h7,9-10,15-17,19,22H,8,11-14,18H2,1-6H3. The largest absolute Gasteiger partial charge is 0.471 e. The first-order valence-electron chi connectivity index (χ1n) is 14.1. The molecule has 2 fully saturated rings. The number of ether oxygens (including phenoxy) is 3. The molecule has 10 nitrogen and oxygen atoms in total. The highest BCUT2D eigenvalue weighted by atomic mass is 19.1. The van der Waals surface area contributed by atoms with E-state index in [1.807, 2.05) is 20.8 Å². The topological polar surface area (TPSA) is 98.5 Å². The Morgan fingerprint density at radius 1 is 1.02 bits per heavy atom. The molecule has 1 saturated heterocycles. The van der Waals surface area contributed by atoms with Crippen molar-refractivity contribution in [3.8, 4) is 5.88 Å². The molecule has 1 saturated carbocycles. The molecule has 0 radical (unpaired) electrons. The Hall–Kier alpha value is -3.89. The van der Waals surface area contributed by atoms with Crippen LogP contribution in [0.25, 0.3) is 5.65 Å². The van der Waals surface area contributed by atoms with Crippen LogP contribution in [-0.4, -0.2) is 62.1 Å². The van der Waals surface area contributed by atoms with Gasteiger partial charge in [-0.1, -0.05) is 6.07 Å². The van der Waals surface area contributed by atoms with E-state index in [-0.39, 0.29) is 23.8 Å². The van der Waals surface area contributed by atoms with Crippen molar-refractivity contribution in [3.05, 3.63) is 48.0 Å². The van der Waals surface area contributed by atoms with Crippen molar-refractivity contribution in [2.45, 2.75) is 90.4 Å². The number of imidazole rings is 1. The molecule has 2 amide bonds. The fraction of sp³-hybridized carbons (Fsp3) is 0.533. The number of carbonyl (C=O) groups is 2. The number of likely N-dealkylation sites (tertiary alicyclic amines) is 1. The Morgan fingerprint density at radius 2 is 1.76 bits per heavy atom. The van der Waals surface area contributed by atoms with E-state index in [0.717, 1.165) is 25.0 Å². The van der Waals surface area contributed by atoms with E-state index in [0.29, 0.717) is 36.8 Å². The molecule has 5 rings (SSSR count). The molecule has 220 valence electrons. The highest BCUT2D eigenvalue weighted by Crippen LogP contribution is 2.42. The molecular weight excluding hydrogens is 529 g/mol. The number of aromatic nitrogens is 3. The third kappa shape index (κ3) is 6.89. The molecule has 1 aliphatic heterocycles. The predicted octanol–water partition coefficient (Wildman–Crippen LogP) is 6.60. The van der Waals surface area contributed by atoms with Gasteiger partial charge >= 0.3 is 12.2 Å². The minimum atomic E-state index is -0.798. The molecule has 1 atom stereocenters. The second-order valence-electron chi connectivity index (χ2n) is 12.7. The fourth-order valence-corrected chi connectivity index (χ4v) is 4.79. The van der Waals surface area contributed by atoms with Gasteiger partial charge in [-0.05, 0) is 85.4 Å². The van der Waals surface area contributed by atoms with Crippen molar-refractivity contribution in [1.29, 1.82) is 0 Å². The lowest BCUT2D eigenvalue weighted by Gasteiger charge is -2.34. The third-order valence-corrected chi connectivity index (χ3v) is 6.65. The molecule has 0 bridgehead atoms. The number of fused-ring (bicyclic) bond motifs is 1. The minimum Gasteiger partial charge on any atom is -0.471 e. The second kappa shape index (κ2) is 10.8. The van der Waals surface area contributed by atoms with Crippen molar-refractivity contribution in [3.63, 3.8) is 0 Å².